The lowest BCUT2D eigenvalue weighted by atomic mass is 10.0. The van der Waals surface area contributed by atoms with Gasteiger partial charge >= 0.3 is 0 Å². The van der Waals surface area contributed by atoms with E-state index in [0.29, 0.717) is 11.6 Å². The van der Waals surface area contributed by atoms with E-state index < -0.39 is 5.60 Å². The number of anilines is 1. The number of hydrogen-bond donors (Lipinski definition) is 2. The van der Waals surface area contributed by atoms with Crippen molar-refractivity contribution >= 4 is 40.1 Å². The Labute approximate surface area is 120 Å². The smallest absolute Gasteiger partial charge is 0.137 e. The van der Waals surface area contributed by atoms with Crippen LogP contribution in [0.2, 0.25) is 5.02 Å². The first-order valence-electron chi connectivity index (χ1n) is 6.11. The molecule has 1 aliphatic rings. The lowest BCUT2D eigenvalue weighted by Crippen LogP contribution is -2.36. The minimum atomic E-state index is -0.631. The van der Waals surface area contributed by atoms with Gasteiger partial charge in [0, 0.05) is 22.7 Å². The van der Waals surface area contributed by atoms with Gasteiger partial charge in [-0.15, -0.1) is 0 Å². The van der Waals surface area contributed by atoms with Gasteiger partial charge < -0.3 is 10.4 Å². The normalized spacial score (nSPS) is 22.8. The Hall–Kier alpha value is -1.04. The van der Waals surface area contributed by atoms with E-state index in [-0.39, 0.29) is 0 Å². The summed E-state index contributed by atoms with van der Waals surface area (Å²) in [4.78, 5) is 8.44. The largest absolute Gasteiger partial charge is 0.387 e. The molecule has 1 saturated heterocycles. The second-order valence-corrected chi connectivity index (χ2v) is 6.31. The molecule has 2 heterocycles. The molecular formula is C13H14ClN3OS. The molecule has 0 spiro atoms. The fraction of sp³-hybridized carbons (Fsp3) is 0.385. The van der Waals surface area contributed by atoms with Gasteiger partial charge in [0.2, 0.25) is 0 Å². The molecule has 2 N–H and O–H groups in total. The van der Waals surface area contributed by atoms with Gasteiger partial charge in [-0.25, -0.2) is 9.97 Å². The molecule has 4 nitrogen and oxygen atoms in total. The topological polar surface area (TPSA) is 58.0 Å². The summed E-state index contributed by atoms with van der Waals surface area (Å²) in [6, 6.07) is 5.52. The predicted octanol–water partition coefficient (Wildman–Crippen LogP) is 2.56. The highest BCUT2D eigenvalue weighted by atomic mass is 35.5. The van der Waals surface area contributed by atoms with Gasteiger partial charge in [-0.3, -0.25) is 0 Å². The first-order valence-corrected chi connectivity index (χ1v) is 7.64. The zero-order valence-corrected chi connectivity index (χ0v) is 11.8. The SMILES string of the molecule is OC1(CNc2ncnc3cc(Cl)ccc23)CCSC1. The average molecular weight is 296 g/mol. The molecule has 1 fully saturated rings. The third-order valence-corrected chi connectivity index (χ3v) is 4.74. The van der Waals surface area contributed by atoms with Gasteiger partial charge in [-0.2, -0.15) is 11.8 Å². The van der Waals surface area contributed by atoms with Crippen molar-refractivity contribution in [2.75, 3.05) is 23.4 Å². The van der Waals surface area contributed by atoms with Crippen molar-refractivity contribution < 1.29 is 5.11 Å². The van der Waals surface area contributed by atoms with Crippen molar-refractivity contribution in [3.63, 3.8) is 0 Å². The number of aromatic nitrogens is 2. The van der Waals surface area contributed by atoms with Crippen molar-refractivity contribution in [2.45, 2.75) is 12.0 Å². The molecule has 2 aromatic rings. The quantitative estimate of drug-likeness (QED) is 0.911. The van der Waals surface area contributed by atoms with Crippen LogP contribution in [0, 0.1) is 0 Å². The second kappa shape index (κ2) is 5.15. The van der Waals surface area contributed by atoms with E-state index in [0.717, 1.165) is 34.6 Å². The molecule has 1 unspecified atom stereocenters. The minimum absolute atomic E-state index is 0.509. The lowest BCUT2D eigenvalue weighted by molar-refractivity contribution is 0.0819. The van der Waals surface area contributed by atoms with E-state index in [1.54, 1.807) is 11.8 Å². The molecule has 6 heteroatoms. The molecule has 3 rings (SSSR count). The molecule has 100 valence electrons. The van der Waals surface area contributed by atoms with Crippen molar-refractivity contribution in [1.82, 2.24) is 9.97 Å². The number of benzene rings is 1. The number of nitrogens with one attached hydrogen (secondary N) is 1. The fourth-order valence-corrected chi connectivity index (χ4v) is 3.62. The van der Waals surface area contributed by atoms with Crippen LogP contribution < -0.4 is 5.32 Å². The first kappa shape index (κ1) is 13.0. The summed E-state index contributed by atoms with van der Waals surface area (Å²) in [6.07, 6.45) is 2.33. The molecule has 0 aliphatic carbocycles. The van der Waals surface area contributed by atoms with E-state index in [4.69, 9.17) is 11.6 Å². The summed E-state index contributed by atoms with van der Waals surface area (Å²) in [6.45, 7) is 0.509. The minimum Gasteiger partial charge on any atom is -0.387 e. The lowest BCUT2D eigenvalue weighted by Gasteiger charge is -2.22. The number of rotatable bonds is 3. The third-order valence-electron chi connectivity index (χ3n) is 3.27. The molecule has 0 saturated carbocycles. The van der Waals surface area contributed by atoms with E-state index in [9.17, 15) is 5.11 Å². The Kier molecular flexibility index (Phi) is 3.52. The highest BCUT2D eigenvalue weighted by Gasteiger charge is 2.31. The Morgan fingerprint density at radius 1 is 1.42 bits per heavy atom. The Morgan fingerprint density at radius 3 is 3.11 bits per heavy atom. The highest BCUT2D eigenvalue weighted by Crippen LogP contribution is 2.29. The number of thioether (sulfide) groups is 1. The molecule has 19 heavy (non-hydrogen) atoms. The zero-order valence-electron chi connectivity index (χ0n) is 10.3. The van der Waals surface area contributed by atoms with Crippen LogP contribution >= 0.6 is 23.4 Å². The summed E-state index contributed by atoms with van der Waals surface area (Å²) in [5.74, 6) is 2.53. The Bertz CT molecular complexity index is 601. The van der Waals surface area contributed by atoms with Crippen molar-refractivity contribution in [3.8, 4) is 0 Å². The number of nitrogens with zero attached hydrogens (tertiary/aromatic N) is 2. The molecule has 1 atom stereocenters. The number of halogens is 1. The predicted molar refractivity (Wildman–Crippen MR) is 79.9 cm³/mol. The molecular weight excluding hydrogens is 282 g/mol. The maximum atomic E-state index is 10.3. The third kappa shape index (κ3) is 2.78. The van der Waals surface area contributed by atoms with Gasteiger partial charge in [-0.05, 0) is 30.4 Å². The Morgan fingerprint density at radius 2 is 2.32 bits per heavy atom. The highest BCUT2D eigenvalue weighted by molar-refractivity contribution is 7.99. The number of aliphatic hydroxyl groups is 1. The van der Waals surface area contributed by atoms with Gasteiger partial charge in [0.1, 0.15) is 12.1 Å². The van der Waals surface area contributed by atoms with Crippen LogP contribution in [-0.2, 0) is 0 Å². The van der Waals surface area contributed by atoms with Crippen molar-refractivity contribution in [2.24, 2.45) is 0 Å². The standard InChI is InChI=1S/C13H14ClN3OS/c14-9-1-2-10-11(5-9)16-8-17-12(10)15-6-13(18)3-4-19-7-13/h1-2,5,8,18H,3-4,6-7H2,(H,15,16,17). The van der Waals surface area contributed by atoms with E-state index in [1.165, 1.54) is 6.33 Å². The van der Waals surface area contributed by atoms with Crippen molar-refractivity contribution in [3.05, 3.63) is 29.5 Å². The summed E-state index contributed by atoms with van der Waals surface area (Å²) >= 11 is 7.73. The maximum absolute atomic E-state index is 10.3. The summed E-state index contributed by atoms with van der Waals surface area (Å²) in [5.41, 5.74) is 0.173. The number of fused-ring (bicyclic) bond motifs is 1. The van der Waals surface area contributed by atoms with Crippen molar-refractivity contribution in [1.29, 1.82) is 0 Å². The maximum Gasteiger partial charge on any atom is 0.137 e. The first-order chi connectivity index (χ1) is 9.16. The zero-order chi connectivity index (χ0) is 13.3. The molecule has 0 radical (unpaired) electrons. The Balaban J connectivity index is 1.84. The molecule has 1 aliphatic heterocycles. The fourth-order valence-electron chi connectivity index (χ4n) is 2.16. The van der Waals surface area contributed by atoms with E-state index in [1.807, 2.05) is 18.2 Å². The van der Waals surface area contributed by atoms with Crippen LogP contribution in [0.1, 0.15) is 6.42 Å². The van der Waals surface area contributed by atoms with Gasteiger partial charge in [0.25, 0.3) is 0 Å². The molecule has 0 bridgehead atoms. The second-order valence-electron chi connectivity index (χ2n) is 4.76. The van der Waals surface area contributed by atoms with E-state index >= 15 is 0 Å². The average Bonchev–Trinajstić information content (AvgIpc) is 2.83. The van der Waals surface area contributed by atoms with Crippen LogP contribution in [-0.4, -0.2) is 38.7 Å². The number of hydrogen-bond acceptors (Lipinski definition) is 5. The van der Waals surface area contributed by atoms with Gasteiger partial charge in [-0.1, -0.05) is 11.6 Å². The molecule has 1 aromatic heterocycles. The van der Waals surface area contributed by atoms with Crippen LogP contribution in [0.15, 0.2) is 24.5 Å². The molecule has 0 amide bonds. The van der Waals surface area contributed by atoms with Gasteiger partial charge in [0.15, 0.2) is 0 Å². The van der Waals surface area contributed by atoms with Gasteiger partial charge in [0.05, 0.1) is 11.1 Å². The summed E-state index contributed by atoms with van der Waals surface area (Å²) in [7, 11) is 0. The van der Waals surface area contributed by atoms with Crippen LogP contribution in [0.3, 0.4) is 0 Å². The van der Waals surface area contributed by atoms with Crippen LogP contribution in [0.5, 0.6) is 0 Å². The summed E-state index contributed by atoms with van der Waals surface area (Å²) < 4.78 is 0. The summed E-state index contributed by atoms with van der Waals surface area (Å²) in [5, 5.41) is 15.1. The molecule has 1 aromatic carbocycles. The van der Waals surface area contributed by atoms with Crippen LogP contribution in [0.4, 0.5) is 5.82 Å². The monoisotopic (exact) mass is 295 g/mol. The van der Waals surface area contributed by atoms with Crippen LogP contribution in [0.25, 0.3) is 10.9 Å². The van der Waals surface area contributed by atoms with E-state index in [2.05, 4.69) is 15.3 Å².